The first-order chi connectivity index (χ1) is 18.5. The van der Waals surface area contributed by atoms with Crippen LogP contribution in [0.5, 0.6) is 0 Å². The number of benzene rings is 3. The molecule has 0 aromatic heterocycles. The van der Waals surface area contributed by atoms with Gasteiger partial charge >= 0.3 is 0 Å². The van der Waals surface area contributed by atoms with E-state index in [9.17, 15) is 22.4 Å². The molecule has 0 unspecified atom stereocenters. The predicted octanol–water partition coefficient (Wildman–Crippen LogP) is 4.37. The Morgan fingerprint density at radius 3 is 2.18 bits per heavy atom. The van der Waals surface area contributed by atoms with Gasteiger partial charge in [0.15, 0.2) is 0 Å². The number of anilines is 1. The summed E-state index contributed by atoms with van der Waals surface area (Å²) in [6, 6.07) is 19.3. The maximum absolute atomic E-state index is 14.0. The van der Waals surface area contributed by atoms with E-state index in [1.54, 1.807) is 30.3 Å². The average Bonchev–Trinajstić information content (AvgIpc) is 2.90. The highest BCUT2D eigenvalue weighted by Gasteiger charge is 2.33. The van der Waals surface area contributed by atoms with Gasteiger partial charge < -0.3 is 10.2 Å². The highest BCUT2D eigenvalue weighted by atomic mass is 32.2. The van der Waals surface area contributed by atoms with Gasteiger partial charge in [0.2, 0.25) is 21.8 Å². The van der Waals surface area contributed by atoms with Gasteiger partial charge in [-0.2, -0.15) is 0 Å². The summed E-state index contributed by atoms with van der Waals surface area (Å²) in [6.45, 7) is 5.66. The van der Waals surface area contributed by atoms with E-state index in [2.05, 4.69) is 5.32 Å². The minimum absolute atomic E-state index is 0.000681. The van der Waals surface area contributed by atoms with Crippen LogP contribution in [-0.2, 0) is 32.6 Å². The zero-order valence-electron chi connectivity index (χ0n) is 22.9. The number of amides is 2. The van der Waals surface area contributed by atoms with Crippen molar-refractivity contribution >= 4 is 27.5 Å². The van der Waals surface area contributed by atoms with E-state index >= 15 is 0 Å². The molecule has 3 aromatic rings. The number of aryl methyl sites for hydroxylation is 2. The number of carbonyl (C=O) groups excluding carboxylic acids is 2. The molecule has 0 heterocycles. The molecular weight excluding hydrogens is 517 g/mol. The van der Waals surface area contributed by atoms with Crippen molar-refractivity contribution in [2.24, 2.45) is 0 Å². The lowest BCUT2D eigenvalue weighted by Crippen LogP contribution is -2.53. The normalized spacial score (nSPS) is 12.0. The lowest BCUT2D eigenvalue weighted by Gasteiger charge is -2.33. The summed E-state index contributed by atoms with van der Waals surface area (Å²) in [4.78, 5) is 28.8. The standard InChI is InChI=1S/C30H36FN3O4S/c1-5-17-32-30(36)28(19-24-9-7-6-8-10-24)33(20-25-12-14-26(31)15-13-25)29(35)21-34(39(4,37)38)27-16-11-22(2)23(3)18-27/h6-16,18,28H,5,17,19-21H2,1-4H3,(H,32,36)/t28-/m1/s1. The third-order valence-corrected chi connectivity index (χ3v) is 7.68. The van der Waals surface area contributed by atoms with Crippen molar-refractivity contribution in [3.8, 4) is 0 Å². The summed E-state index contributed by atoms with van der Waals surface area (Å²) >= 11 is 0. The molecule has 1 N–H and O–H groups in total. The van der Waals surface area contributed by atoms with Crippen molar-refractivity contribution in [1.82, 2.24) is 10.2 Å². The molecule has 2 amide bonds. The third kappa shape index (κ3) is 8.38. The minimum atomic E-state index is -3.84. The number of hydrogen-bond donors (Lipinski definition) is 1. The molecule has 208 valence electrons. The van der Waals surface area contributed by atoms with Crippen LogP contribution in [0.4, 0.5) is 10.1 Å². The second-order valence-electron chi connectivity index (χ2n) is 9.68. The molecular formula is C30H36FN3O4S. The lowest BCUT2D eigenvalue weighted by molar-refractivity contribution is -0.140. The summed E-state index contributed by atoms with van der Waals surface area (Å²) in [5.41, 5.74) is 3.71. The van der Waals surface area contributed by atoms with E-state index in [0.717, 1.165) is 27.3 Å². The number of rotatable bonds is 12. The average molecular weight is 554 g/mol. The van der Waals surface area contributed by atoms with Gasteiger partial charge in [-0.3, -0.25) is 13.9 Å². The first kappa shape index (κ1) is 29.8. The Kier molecular flexibility index (Phi) is 10.2. The Morgan fingerprint density at radius 2 is 1.59 bits per heavy atom. The fraction of sp³-hybridized carbons (Fsp3) is 0.333. The van der Waals surface area contributed by atoms with E-state index in [1.807, 2.05) is 51.1 Å². The molecule has 3 rings (SSSR count). The van der Waals surface area contributed by atoms with Crippen LogP contribution < -0.4 is 9.62 Å². The van der Waals surface area contributed by atoms with Gasteiger partial charge in [-0.05, 0) is 66.8 Å². The Morgan fingerprint density at radius 1 is 0.923 bits per heavy atom. The van der Waals surface area contributed by atoms with Crippen molar-refractivity contribution < 1.29 is 22.4 Å². The molecule has 0 saturated carbocycles. The second-order valence-corrected chi connectivity index (χ2v) is 11.6. The molecule has 0 aliphatic rings. The molecule has 7 nitrogen and oxygen atoms in total. The molecule has 0 aliphatic carbocycles. The van der Waals surface area contributed by atoms with Crippen molar-refractivity contribution in [3.63, 3.8) is 0 Å². The first-order valence-corrected chi connectivity index (χ1v) is 14.7. The van der Waals surface area contributed by atoms with Gasteiger partial charge in [0.1, 0.15) is 18.4 Å². The highest BCUT2D eigenvalue weighted by molar-refractivity contribution is 7.92. The summed E-state index contributed by atoms with van der Waals surface area (Å²) in [6.07, 6.45) is 1.99. The van der Waals surface area contributed by atoms with Crippen molar-refractivity contribution in [3.05, 3.63) is 101 Å². The van der Waals surface area contributed by atoms with E-state index in [1.165, 1.54) is 17.0 Å². The zero-order valence-corrected chi connectivity index (χ0v) is 23.7. The minimum Gasteiger partial charge on any atom is -0.354 e. The van der Waals surface area contributed by atoms with E-state index < -0.39 is 34.3 Å². The smallest absolute Gasteiger partial charge is 0.244 e. The fourth-order valence-corrected chi connectivity index (χ4v) is 5.04. The molecule has 0 spiro atoms. The summed E-state index contributed by atoms with van der Waals surface area (Å²) < 4.78 is 40.4. The number of nitrogens with zero attached hydrogens (tertiary/aromatic N) is 2. The first-order valence-electron chi connectivity index (χ1n) is 12.9. The molecule has 3 aromatic carbocycles. The van der Waals surface area contributed by atoms with Crippen LogP contribution in [0.15, 0.2) is 72.8 Å². The Labute approximate surface area is 230 Å². The maximum Gasteiger partial charge on any atom is 0.244 e. The Balaban J connectivity index is 2.04. The van der Waals surface area contributed by atoms with Gasteiger partial charge in [0, 0.05) is 19.5 Å². The molecule has 39 heavy (non-hydrogen) atoms. The van der Waals surface area contributed by atoms with Crippen molar-refractivity contribution in [1.29, 1.82) is 0 Å². The van der Waals surface area contributed by atoms with Crippen LogP contribution in [0.2, 0.25) is 0 Å². The van der Waals surface area contributed by atoms with Crippen molar-refractivity contribution in [2.45, 2.75) is 46.2 Å². The molecule has 9 heteroatoms. The number of halogens is 1. The molecule has 0 saturated heterocycles. The SMILES string of the molecule is CCCNC(=O)[C@@H](Cc1ccccc1)N(Cc1ccc(F)cc1)C(=O)CN(c1ccc(C)c(C)c1)S(C)(=O)=O. The van der Waals surface area contributed by atoms with Crippen LogP contribution >= 0.6 is 0 Å². The monoisotopic (exact) mass is 553 g/mol. The molecule has 0 radical (unpaired) electrons. The lowest BCUT2D eigenvalue weighted by atomic mass is 10.0. The number of sulfonamides is 1. The summed E-state index contributed by atoms with van der Waals surface area (Å²) in [5, 5.41) is 2.89. The maximum atomic E-state index is 14.0. The number of hydrogen-bond acceptors (Lipinski definition) is 4. The van der Waals surface area contributed by atoms with Crippen LogP contribution in [-0.4, -0.2) is 50.5 Å². The molecule has 0 aliphatic heterocycles. The number of carbonyl (C=O) groups is 2. The van der Waals surface area contributed by atoms with Gasteiger partial charge in [-0.1, -0.05) is 55.5 Å². The Bertz CT molecular complexity index is 1380. The second kappa shape index (κ2) is 13.4. The van der Waals surface area contributed by atoms with E-state index in [-0.39, 0.29) is 18.9 Å². The molecule has 1 atom stereocenters. The fourth-order valence-electron chi connectivity index (χ4n) is 4.20. The topological polar surface area (TPSA) is 86.8 Å². The Hall–Kier alpha value is -3.72. The van der Waals surface area contributed by atoms with E-state index in [0.29, 0.717) is 24.2 Å². The van der Waals surface area contributed by atoms with Gasteiger partial charge in [0.25, 0.3) is 0 Å². The van der Waals surface area contributed by atoms with Crippen LogP contribution in [0.3, 0.4) is 0 Å². The van der Waals surface area contributed by atoms with Crippen LogP contribution in [0, 0.1) is 19.7 Å². The third-order valence-electron chi connectivity index (χ3n) is 6.54. The van der Waals surface area contributed by atoms with Crippen LogP contribution in [0.25, 0.3) is 0 Å². The number of nitrogens with one attached hydrogen (secondary N) is 1. The predicted molar refractivity (Wildman–Crippen MR) is 152 cm³/mol. The largest absolute Gasteiger partial charge is 0.354 e. The van der Waals surface area contributed by atoms with Crippen molar-refractivity contribution in [2.75, 3.05) is 23.7 Å². The molecule has 0 fully saturated rings. The van der Waals surface area contributed by atoms with Crippen LogP contribution in [0.1, 0.15) is 35.6 Å². The van der Waals surface area contributed by atoms with Gasteiger partial charge in [-0.25, -0.2) is 12.8 Å². The molecule has 0 bridgehead atoms. The van der Waals surface area contributed by atoms with Gasteiger partial charge in [0.05, 0.1) is 11.9 Å². The highest BCUT2D eigenvalue weighted by Crippen LogP contribution is 2.23. The van der Waals surface area contributed by atoms with E-state index in [4.69, 9.17) is 0 Å². The summed E-state index contributed by atoms with van der Waals surface area (Å²) in [7, 11) is -3.84. The zero-order chi connectivity index (χ0) is 28.6. The van der Waals surface area contributed by atoms with Gasteiger partial charge in [-0.15, -0.1) is 0 Å². The quantitative estimate of drug-likeness (QED) is 0.361. The summed E-state index contributed by atoms with van der Waals surface area (Å²) in [5.74, 6) is -1.31.